The number of hydrogen-bond acceptors (Lipinski definition) is 5. The molecule has 3 N–H and O–H groups in total. The van der Waals surface area contributed by atoms with Crippen LogP contribution >= 0.6 is 0 Å². The SMILES string of the molecule is Cc1cc(/C(N)=N/O)nc(N2CCC(C)CC2C)n1. The first-order valence-electron chi connectivity index (χ1n) is 6.61. The monoisotopic (exact) mass is 263 g/mol. The Kier molecular flexibility index (Phi) is 3.87. The first-order chi connectivity index (χ1) is 9.01. The molecule has 19 heavy (non-hydrogen) atoms. The highest BCUT2D eigenvalue weighted by Gasteiger charge is 2.25. The van der Waals surface area contributed by atoms with Crippen LogP contribution in [0.2, 0.25) is 0 Å². The van der Waals surface area contributed by atoms with Gasteiger partial charge in [-0.3, -0.25) is 0 Å². The largest absolute Gasteiger partial charge is 0.409 e. The summed E-state index contributed by atoms with van der Waals surface area (Å²) >= 11 is 0. The number of hydrogen-bond donors (Lipinski definition) is 2. The van der Waals surface area contributed by atoms with E-state index in [1.165, 1.54) is 0 Å². The molecule has 1 fully saturated rings. The van der Waals surface area contributed by atoms with Crippen LogP contribution in [0.15, 0.2) is 11.2 Å². The first-order valence-corrected chi connectivity index (χ1v) is 6.61. The lowest BCUT2D eigenvalue weighted by Gasteiger charge is -2.36. The highest BCUT2D eigenvalue weighted by atomic mass is 16.4. The van der Waals surface area contributed by atoms with Gasteiger partial charge in [-0.25, -0.2) is 9.97 Å². The van der Waals surface area contributed by atoms with Crippen molar-refractivity contribution in [2.45, 2.75) is 39.7 Å². The number of nitrogens with two attached hydrogens (primary N) is 1. The highest BCUT2D eigenvalue weighted by molar-refractivity contribution is 5.95. The third-order valence-electron chi connectivity index (χ3n) is 3.61. The number of nitrogens with zero attached hydrogens (tertiary/aromatic N) is 4. The van der Waals surface area contributed by atoms with Gasteiger partial charge in [-0.05, 0) is 38.7 Å². The van der Waals surface area contributed by atoms with E-state index in [9.17, 15) is 0 Å². The van der Waals surface area contributed by atoms with Crippen LogP contribution in [0.4, 0.5) is 5.95 Å². The van der Waals surface area contributed by atoms with E-state index in [0.29, 0.717) is 17.7 Å². The van der Waals surface area contributed by atoms with E-state index in [4.69, 9.17) is 10.9 Å². The minimum atomic E-state index is 0.0183. The van der Waals surface area contributed by atoms with Crippen molar-refractivity contribution in [3.8, 4) is 0 Å². The molecule has 0 saturated carbocycles. The summed E-state index contributed by atoms with van der Waals surface area (Å²) in [5.74, 6) is 1.42. The van der Waals surface area contributed by atoms with Gasteiger partial charge in [-0.1, -0.05) is 12.1 Å². The van der Waals surface area contributed by atoms with Gasteiger partial charge >= 0.3 is 0 Å². The Bertz CT molecular complexity index is 488. The van der Waals surface area contributed by atoms with Crippen LogP contribution in [-0.2, 0) is 0 Å². The summed E-state index contributed by atoms with van der Waals surface area (Å²) in [6, 6.07) is 2.13. The van der Waals surface area contributed by atoms with Gasteiger partial charge in [0.15, 0.2) is 5.84 Å². The van der Waals surface area contributed by atoms with Crippen LogP contribution in [0, 0.1) is 12.8 Å². The third-order valence-corrected chi connectivity index (χ3v) is 3.61. The van der Waals surface area contributed by atoms with E-state index in [1.807, 2.05) is 6.92 Å². The lowest BCUT2D eigenvalue weighted by Crippen LogP contribution is -2.41. The molecule has 1 aliphatic heterocycles. The molecule has 0 aliphatic carbocycles. The van der Waals surface area contributed by atoms with Crippen molar-refractivity contribution < 1.29 is 5.21 Å². The molecule has 1 aromatic rings. The summed E-state index contributed by atoms with van der Waals surface area (Å²) in [5, 5.41) is 11.8. The van der Waals surface area contributed by atoms with Crippen molar-refractivity contribution in [3.63, 3.8) is 0 Å². The number of aromatic nitrogens is 2. The van der Waals surface area contributed by atoms with Crippen molar-refractivity contribution in [2.24, 2.45) is 16.8 Å². The van der Waals surface area contributed by atoms with Gasteiger partial charge in [0.05, 0.1) is 0 Å². The maximum Gasteiger partial charge on any atom is 0.226 e. The Morgan fingerprint density at radius 3 is 2.84 bits per heavy atom. The first kappa shape index (κ1) is 13.6. The van der Waals surface area contributed by atoms with E-state index in [2.05, 4.69) is 33.9 Å². The Morgan fingerprint density at radius 2 is 2.21 bits per heavy atom. The van der Waals surface area contributed by atoms with Crippen molar-refractivity contribution >= 4 is 11.8 Å². The van der Waals surface area contributed by atoms with Crippen LogP contribution in [0.1, 0.15) is 38.1 Å². The molecule has 1 saturated heterocycles. The lowest BCUT2D eigenvalue weighted by atomic mass is 9.94. The van der Waals surface area contributed by atoms with Crippen molar-refractivity contribution in [1.29, 1.82) is 0 Å². The fourth-order valence-electron chi connectivity index (χ4n) is 2.57. The van der Waals surface area contributed by atoms with E-state index < -0.39 is 0 Å². The molecule has 2 atom stereocenters. The van der Waals surface area contributed by atoms with Crippen molar-refractivity contribution in [2.75, 3.05) is 11.4 Å². The summed E-state index contributed by atoms with van der Waals surface area (Å²) in [4.78, 5) is 11.1. The maximum absolute atomic E-state index is 8.76. The molecule has 0 bridgehead atoms. The third kappa shape index (κ3) is 2.94. The topological polar surface area (TPSA) is 87.6 Å². The summed E-state index contributed by atoms with van der Waals surface area (Å²) in [7, 11) is 0. The smallest absolute Gasteiger partial charge is 0.226 e. The molecule has 1 aromatic heterocycles. The van der Waals surface area contributed by atoms with E-state index in [-0.39, 0.29) is 5.84 Å². The van der Waals surface area contributed by atoms with E-state index >= 15 is 0 Å². The lowest BCUT2D eigenvalue weighted by molar-refractivity contribution is 0.318. The Labute approximate surface area is 113 Å². The number of amidine groups is 1. The van der Waals surface area contributed by atoms with Crippen LogP contribution in [0.25, 0.3) is 0 Å². The van der Waals surface area contributed by atoms with Crippen LogP contribution < -0.4 is 10.6 Å². The fourth-order valence-corrected chi connectivity index (χ4v) is 2.57. The molecular weight excluding hydrogens is 242 g/mol. The second-order valence-electron chi connectivity index (χ2n) is 5.35. The molecular formula is C13H21N5O. The van der Waals surface area contributed by atoms with Gasteiger partial charge in [-0.15, -0.1) is 0 Å². The van der Waals surface area contributed by atoms with Crippen LogP contribution in [0.5, 0.6) is 0 Å². The normalized spacial score (nSPS) is 24.6. The van der Waals surface area contributed by atoms with E-state index in [1.54, 1.807) is 6.07 Å². The van der Waals surface area contributed by atoms with Crippen molar-refractivity contribution in [1.82, 2.24) is 9.97 Å². The minimum absolute atomic E-state index is 0.0183. The number of rotatable bonds is 2. The highest BCUT2D eigenvalue weighted by Crippen LogP contribution is 2.25. The molecule has 6 heteroatoms. The maximum atomic E-state index is 8.76. The number of anilines is 1. The molecule has 2 heterocycles. The molecule has 2 rings (SSSR count). The quantitative estimate of drug-likeness (QED) is 0.365. The van der Waals surface area contributed by atoms with Gasteiger partial charge < -0.3 is 15.8 Å². The van der Waals surface area contributed by atoms with E-state index in [0.717, 1.165) is 31.0 Å². The number of aryl methyl sites for hydroxylation is 1. The predicted octanol–water partition coefficient (Wildman–Crippen LogP) is 1.50. The van der Waals surface area contributed by atoms with Gasteiger partial charge in [-0.2, -0.15) is 0 Å². The Hall–Kier alpha value is -1.85. The van der Waals surface area contributed by atoms with Gasteiger partial charge in [0.25, 0.3) is 0 Å². The number of piperidine rings is 1. The zero-order chi connectivity index (χ0) is 14.0. The van der Waals surface area contributed by atoms with Gasteiger partial charge in [0, 0.05) is 18.3 Å². The summed E-state index contributed by atoms with van der Waals surface area (Å²) < 4.78 is 0. The second-order valence-corrected chi connectivity index (χ2v) is 5.35. The summed E-state index contributed by atoms with van der Waals surface area (Å²) in [6.45, 7) is 7.29. The van der Waals surface area contributed by atoms with Crippen LogP contribution in [0.3, 0.4) is 0 Å². The molecule has 0 spiro atoms. The van der Waals surface area contributed by atoms with Crippen molar-refractivity contribution in [3.05, 3.63) is 17.5 Å². The second kappa shape index (κ2) is 5.42. The fraction of sp³-hybridized carbons (Fsp3) is 0.615. The van der Waals surface area contributed by atoms with Gasteiger partial charge in [0.1, 0.15) is 5.69 Å². The Balaban J connectivity index is 2.32. The summed E-state index contributed by atoms with van der Waals surface area (Å²) in [5.41, 5.74) is 6.89. The average molecular weight is 263 g/mol. The standard InChI is InChI=1S/C13H21N5O/c1-8-4-5-18(10(3)6-8)13-15-9(2)7-11(16-13)12(14)17-19/h7-8,10,19H,4-6H2,1-3H3,(H2,14,17). The Morgan fingerprint density at radius 1 is 1.47 bits per heavy atom. The predicted molar refractivity (Wildman–Crippen MR) is 74.5 cm³/mol. The molecule has 1 aliphatic rings. The zero-order valence-electron chi connectivity index (χ0n) is 11.7. The molecule has 104 valence electrons. The molecule has 6 nitrogen and oxygen atoms in total. The van der Waals surface area contributed by atoms with Gasteiger partial charge in [0.2, 0.25) is 5.95 Å². The molecule has 2 unspecified atom stereocenters. The average Bonchev–Trinajstić information content (AvgIpc) is 2.37. The summed E-state index contributed by atoms with van der Waals surface area (Å²) in [6.07, 6.45) is 2.27. The molecule has 0 amide bonds. The molecule has 0 radical (unpaired) electrons. The zero-order valence-corrected chi connectivity index (χ0v) is 11.7. The van der Waals surface area contributed by atoms with Crippen LogP contribution in [-0.4, -0.2) is 33.6 Å². The number of oxime groups is 1. The molecule has 0 aromatic carbocycles. The minimum Gasteiger partial charge on any atom is -0.409 e.